The predicted octanol–water partition coefficient (Wildman–Crippen LogP) is 0.526. The van der Waals surface area contributed by atoms with Gasteiger partial charge >= 0.3 is 0 Å². The molecule has 4 heteroatoms. The Morgan fingerprint density at radius 1 is 0.950 bits per heavy atom. The van der Waals surface area contributed by atoms with Crippen LogP contribution in [0.15, 0.2) is 51.6 Å². The second kappa shape index (κ2) is 6.57. The molecule has 0 spiro atoms. The van der Waals surface area contributed by atoms with Gasteiger partial charge in [-0.1, -0.05) is 28.1 Å². The fourth-order valence-corrected chi connectivity index (χ4v) is 3.35. The van der Waals surface area contributed by atoms with Gasteiger partial charge in [0.25, 0.3) is 0 Å². The van der Waals surface area contributed by atoms with E-state index in [9.17, 15) is 0 Å². The van der Waals surface area contributed by atoms with E-state index in [4.69, 9.17) is 4.42 Å². The Labute approximate surface area is 128 Å². The lowest BCUT2D eigenvalue weighted by Gasteiger charge is -2.29. The first kappa shape index (κ1) is 13.9. The van der Waals surface area contributed by atoms with Crippen LogP contribution in [0.5, 0.6) is 0 Å². The molecule has 106 valence electrons. The molecule has 1 aliphatic heterocycles. The van der Waals surface area contributed by atoms with Crippen LogP contribution < -0.4 is 9.80 Å². The number of hydrogen-bond donors (Lipinski definition) is 2. The Balaban J connectivity index is 1.48. The minimum absolute atomic E-state index is 1.02. The third-order valence-electron chi connectivity index (χ3n) is 4.01. The van der Waals surface area contributed by atoms with Gasteiger partial charge in [0.05, 0.1) is 6.26 Å². The van der Waals surface area contributed by atoms with E-state index in [2.05, 4.69) is 46.3 Å². The smallest absolute Gasteiger partial charge is 0.157 e. The van der Waals surface area contributed by atoms with Gasteiger partial charge in [-0.05, 0) is 24.3 Å². The molecule has 20 heavy (non-hydrogen) atoms. The van der Waals surface area contributed by atoms with E-state index in [0.29, 0.717) is 0 Å². The number of rotatable bonds is 4. The molecule has 0 amide bonds. The lowest BCUT2D eigenvalue weighted by molar-refractivity contribution is -1.02. The monoisotopic (exact) mass is 336 g/mol. The van der Waals surface area contributed by atoms with Crippen LogP contribution in [0.1, 0.15) is 11.3 Å². The van der Waals surface area contributed by atoms with Crippen LogP contribution in [0.4, 0.5) is 0 Å². The molecule has 1 aromatic heterocycles. The van der Waals surface area contributed by atoms with Crippen LogP contribution in [0.3, 0.4) is 0 Å². The Hall–Kier alpha value is -1.10. The van der Waals surface area contributed by atoms with Gasteiger partial charge in [-0.2, -0.15) is 0 Å². The molecule has 1 fully saturated rings. The number of nitrogens with one attached hydrogen (secondary N) is 2. The summed E-state index contributed by atoms with van der Waals surface area (Å²) in [7, 11) is 0. The van der Waals surface area contributed by atoms with Gasteiger partial charge in [-0.15, -0.1) is 0 Å². The van der Waals surface area contributed by atoms with Crippen molar-refractivity contribution < 1.29 is 14.2 Å². The van der Waals surface area contributed by atoms with Crippen LogP contribution in [0.2, 0.25) is 0 Å². The molecule has 1 aliphatic rings. The third kappa shape index (κ3) is 3.72. The Morgan fingerprint density at radius 2 is 1.70 bits per heavy atom. The number of benzene rings is 1. The van der Waals surface area contributed by atoms with E-state index >= 15 is 0 Å². The average molecular weight is 337 g/mol. The van der Waals surface area contributed by atoms with Gasteiger partial charge in [-0.25, -0.2) is 0 Å². The van der Waals surface area contributed by atoms with E-state index < -0.39 is 0 Å². The number of furan rings is 1. The molecule has 2 aromatic rings. The van der Waals surface area contributed by atoms with Crippen molar-refractivity contribution in [3.63, 3.8) is 0 Å². The summed E-state index contributed by atoms with van der Waals surface area (Å²) < 4.78 is 6.62. The first-order chi connectivity index (χ1) is 9.79. The fraction of sp³-hybridized carbons (Fsp3) is 0.375. The van der Waals surface area contributed by atoms with Crippen molar-refractivity contribution in [1.82, 2.24) is 0 Å². The van der Waals surface area contributed by atoms with E-state index in [-0.39, 0.29) is 0 Å². The molecule has 2 heterocycles. The number of piperazine rings is 1. The summed E-state index contributed by atoms with van der Waals surface area (Å²) in [5, 5.41) is 0. The minimum Gasteiger partial charge on any atom is -0.463 e. The second-order valence-corrected chi connectivity index (χ2v) is 6.48. The molecular formula is C16H21BrN2O+2. The summed E-state index contributed by atoms with van der Waals surface area (Å²) in [6.07, 6.45) is 1.77. The summed E-state index contributed by atoms with van der Waals surface area (Å²) in [5.41, 5.74) is 1.42. The molecule has 2 N–H and O–H groups in total. The normalized spacial score (nSPS) is 22.9. The van der Waals surface area contributed by atoms with Crippen molar-refractivity contribution in [2.45, 2.75) is 13.1 Å². The van der Waals surface area contributed by atoms with E-state index in [0.717, 1.165) is 18.8 Å². The van der Waals surface area contributed by atoms with Crippen molar-refractivity contribution in [2.75, 3.05) is 26.2 Å². The average Bonchev–Trinajstić information content (AvgIpc) is 2.94. The van der Waals surface area contributed by atoms with Crippen LogP contribution in [0.25, 0.3) is 0 Å². The standard InChI is InChI=1S/C16H19BrN2O/c17-15-4-1-3-14(11-15)12-18-6-8-19(9-7-18)13-16-5-2-10-20-16/h1-5,10-11H,6-9,12-13H2/p+2. The quantitative estimate of drug-likeness (QED) is 0.835. The maximum absolute atomic E-state index is 5.44. The SMILES string of the molecule is Brc1cccc(C[NH+]2CC[NH+](Cc3ccco3)CC2)c1. The number of halogens is 1. The third-order valence-corrected chi connectivity index (χ3v) is 4.50. The van der Waals surface area contributed by atoms with Crippen LogP contribution >= 0.6 is 15.9 Å². The van der Waals surface area contributed by atoms with Crippen molar-refractivity contribution >= 4 is 15.9 Å². The molecule has 0 saturated carbocycles. The highest BCUT2D eigenvalue weighted by atomic mass is 79.9. The molecule has 0 bridgehead atoms. The molecule has 0 radical (unpaired) electrons. The van der Waals surface area contributed by atoms with Crippen LogP contribution in [-0.2, 0) is 13.1 Å². The zero-order chi connectivity index (χ0) is 13.8. The van der Waals surface area contributed by atoms with Gasteiger partial charge in [0, 0.05) is 10.0 Å². The van der Waals surface area contributed by atoms with Gasteiger partial charge in [0.1, 0.15) is 39.3 Å². The molecule has 1 aromatic carbocycles. The Bertz CT molecular complexity index is 533. The summed E-state index contributed by atoms with van der Waals surface area (Å²) >= 11 is 3.55. The lowest BCUT2D eigenvalue weighted by atomic mass is 10.2. The first-order valence-corrected chi connectivity index (χ1v) is 8.03. The zero-order valence-corrected chi connectivity index (χ0v) is 13.2. The highest BCUT2D eigenvalue weighted by Gasteiger charge is 2.23. The van der Waals surface area contributed by atoms with E-state index in [1.807, 2.05) is 6.07 Å². The summed E-state index contributed by atoms with van der Waals surface area (Å²) in [6, 6.07) is 12.7. The highest BCUT2D eigenvalue weighted by Crippen LogP contribution is 2.10. The molecule has 0 aliphatic carbocycles. The molecule has 1 saturated heterocycles. The maximum atomic E-state index is 5.44. The maximum Gasteiger partial charge on any atom is 0.157 e. The van der Waals surface area contributed by atoms with Gasteiger partial charge in [0.2, 0.25) is 0 Å². The first-order valence-electron chi connectivity index (χ1n) is 7.23. The minimum atomic E-state index is 1.02. The summed E-state index contributed by atoms with van der Waals surface area (Å²) in [5.74, 6) is 1.11. The number of hydrogen-bond acceptors (Lipinski definition) is 1. The molecule has 0 atom stereocenters. The van der Waals surface area contributed by atoms with Crippen LogP contribution in [0, 0.1) is 0 Å². The summed E-state index contributed by atoms with van der Waals surface area (Å²) in [4.78, 5) is 3.32. The molecule has 3 rings (SSSR count). The molecular weight excluding hydrogens is 316 g/mol. The summed E-state index contributed by atoms with van der Waals surface area (Å²) in [6.45, 7) is 7.09. The van der Waals surface area contributed by atoms with Crippen molar-refractivity contribution in [3.05, 3.63) is 58.5 Å². The zero-order valence-electron chi connectivity index (χ0n) is 11.6. The van der Waals surface area contributed by atoms with Crippen molar-refractivity contribution in [2.24, 2.45) is 0 Å². The highest BCUT2D eigenvalue weighted by molar-refractivity contribution is 9.10. The second-order valence-electron chi connectivity index (χ2n) is 5.56. The molecule has 0 unspecified atom stereocenters. The largest absolute Gasteiger partial charge is 0.463 e. The Morgan fingerprint density at radius 3 is 2.35 bits per heavy atom. The molecule has 3 nitrogen and oxygen atoms in total. The van der Waals surface area contributed by atoms with E-state index in [1.54, 1.807) is 16.1 Å². The van der Waals surface area contributed by atoms with Gasteiger partial charge < -0.3 is 14.2 Å². The van der Waals surface area contributed by atoms with Crippen molar-refractivity contribution in [1.29, 1.82) is 0 Å². The van der Waals surface area contributed by atoms with Crippen LogP contribution in [-0.4, -0.2) is 26.2 Å². The number of quaternary nitrogens is 2. The Kier molecular flexibility index (Phi) is 4.55. The van der Waals surface area contributed by atoms with Gasteiger partial charge in [-0.3, -0.25) is 0 Å². The van der Waals surface area contributed by atoms with Gasteiger partial charge in [0.15, 0.2) is 5.76 Å². The van der Waals surface area contributed by atoms with Crippen molar-refractivity contribution in [3.8, 4) is 0 Å². The lowest BCUT2D eigenvalue weighted by Crippen LogP contribution is -3.27. The predicted molar refractivity (Wildman–Crippen MR) is 81.7 cm³/mol. The fourth-order valence-electron chi connectivity index (χ4n) is 2.91. The van der Waals surface area contributed by atoms with E-state index in [1.165, 1.54) is 36.2 Å². The topological polar surface area (TPSA) is 22.0 Å².